The van der Waals surface area contributed by atoms with E-state index in [4.69, 9.17) is 0 Å². The van der Waals surface area contributed by atoms with Crippen LogP contribution in [0.4, 0.5) is 0 Å². The van der Waals surface area contributed by atoms with Crippen LogP contribution < -0.4 is 16.4 Å². The van der Waals surface area contributed by atoms with Gasteiger partial charge in [0, 0.05) is 24.9 Å². The standard InChI is InChI=1S/C21H29N5O3/c1-15(2)14-26-21(29)17-9-5-4-8-16(17)19(24-26)20(28)23-22-18(27)10-13-25-11-6-3-7-12-25/h4-5,8-9,15H,3,6-7,10-14H2,1-2H3,(H,22,27)(H,23,28). The van der Waals surface area contributed by atoms with Crippen molar-refractivity contribution in [2.24, 2.45) is 5.92 Å². The van der Waals surface area contributed by atoms with Crippen molar-refractivity contribution in [1.82, 2.24) is 25.5 Å². The van der Waals surface area contributed by atoms with Gasteiger partial charge in [0.15, 0.2) is 5.69 Å². The first-order valence-corrected chi connectivity index (χ1v) is 10.3. The molecule has 1 aromatic heterocycles. The lowest BCUT2D eigenvalue weighted by molar-refractivity contribution is -0.122. The number of carbonyl (C=O) groups excluding carboxylic acids is 2. The molecular formula is C21H29N5O3. The highest BCUT2D eigenvalue weighted by Gasteiger charge is 2.18. The lowest BCUT2D eigenvalue weighted by atomic mass is 10.1. The van der Waals surface area contributed by atoms with Crippen molar-refractivity contribution >= 4 is 22.6 Å². The normalized spacial score (nSPS) is 14.9. The molecule has 0 unspecified atom stereocenters. The number of nitrogens with one attached hydrogen (secondary N) is 2. The van der Waals surface area contributed by atoms with Crippen molar-refractivity contribution in [2.75, 3.05) is 19.6 Å². The number of rotatable bonds is 6. The molecule has 8 nitrogen and oxygen atoms in total. The van der Waals surface area contributed by atoms with E-state index in [0.717, 1.165) is 13.1 Å². The van der Waals surface area contributed by atoms with E-state index in [-0.39, 0.29) is 23.1 Å². The van der Waals surface area contributed by atoms with Gasteiger partial charge in [-0.25, -0.2) is 4.68 Å². The zero-order valence-corrected chi connectivity index (χ0v) is 17.1. The third-order valence-electron chi connectivity index (χ3n) is 5.04. The summed E-state index contributed by atoms with van der Waals surface area (Å²) in [5.41, 5.74) is 4.81. The van der Waals surface area contributed by atoms with Crippen LogP contribution in [-0.4, -0.2) is 46.1 Å². The number of carbonyl (C=O) groups is 2. The highest BCUT2D eigenvalue weighted by Crippen LogP contribution is 2.13. The van der Waals surface area contributed by atoms with E-state index in [0.29, 0.717) is 30.3 Å². The Morgan fingerprint density at radius 3 is 2.45 bits per heavy atom. The van der Waals surface area contributed by atoms with Gasteiger partial charge in [0.2, 0.25) is 5.91 Å². The largest absolute Gasteiger partial charge is 0.303 e. The lowest BCUT2D eigenvalue weighted by Crippen LogP contribution is -2.44. The predicted octanol–water partition coefficient (Wildman–Crippen LogP) is 1.69. The fraction of sp³-hybridized carbons (Fsp3) is 0.524. The van der Waals surface area contributed by atoms with Crippen LogP contribution in [0.15, 0.2) is 29.1 Å². The Balaban J connectivity index is 1.68. The summed E-state index contributed by atoms with van der Waals surface area (Å²) in [5.74, 6) is -0.583. The van der Waals surface area contributed by atoms with Gasteiger partial charge in [-0.15, -0.1) is 0 Å². The number of benzene rings is 1. The Kier molecular flexibility index (Phi) is 6.98. The minimum absolute atomic E-state index is 0.122. The monoisotopic (exact) mass is 399 g/mol. The topological polar surface area (TPSA) is 96.3 Å². The summed E-state index contributed by atoms with van der Waals surface area (Å²) in [6, 6.07) is 6.89. The molecule has 8 heteroatoms. The smallest absolute Gasteiger partial charge is 0.290 e. The Labute approximate surface area is 170 Å². The molecule has 1 fully saturated rings. The third kappa shape index (κ3) is 5.41. The molecule has 1 aliphatic heterocycles. The van der Waals surface area contributed by atoms with Gasteiger partial charge < -0.3 is 4.90 Å². The van der Waals surface area contributed by atoms with Gasteiger partial charge in [-0.3, -0.25) is 25.2 Å². The second-order valence-electron chi connectivity index (χ2n) is 7.93. The SMILES string of the molecule is CC(C)Cn1nc(C(=O)NNC(=O)CCN2CCCCC2)c2ccccc2c1=O. The van der Waals surface area contributed by atoms with Crippen molar-refractivity contribution in [3.05, 3.63) is 40.3 Å². The maximum Gasteiger partial charge on any atom is 0.290 e. The number of hydrogen-bond acceptors (Lipinski definition) is 5. The van der Waals surface area contributed by atoms with Gasteiger partial charge in [-0.05, 0) is 37.9 Å². The molecule has 2 N–H and O–H groups in total. The number of fused-ring (bicyclic) bond motifs is 1. The number of nitrogens with zero attached hydrogens (tertiary/aromatic N) is 3. The molecule has 0 spiro atoms. The van der Waals surface area contributed by atoms with Crippen LogP contribution in [-0.2, 0) is 11.3 Å². The van der Waals surface area contributed by atoms with Crippen LogP contribution in [0.3, 0.4) is 0 Å². The van der Waals surface area contributed by atoms with Crippen molar-refractivity contribution in [2.45, 2.75) is 46.1 Å². The maximum absolute atomic E-state index is 12.7. The molecule has 1 aliphatic rings. The fourth-order valence-corrected chi connectivity index (χ4v) is 3.56. The van der Waals surface area contributed by atoms with Crippen LogP contribution in [0, 0.1) is 5.92 Å². The molecule has 1 aromatic carbocycles. The van der Waals surface area contributed by atoms with Crippen LogP contribution in [0.1, 0.15) is 50.0 Å². The second-order valence-corrected chi connectivity index (χ2v) is 7.93. The molecule has 2 amide bonds. The summed E-state index contributed by atoms with van der Waals surface area (Å²) in [5, 5.41) is 5.18. The Bertz CT molecular complexity index is 932. The molecule has 0 aliphatic carbocycles. The summed E-state index contributed by atoms with van der Waals surface area (Å²) in [6.07, 6.45) is 3.91. The van der Waals surface area contributed by atoms with E-state index in [2.05, 4.69) is 20.9 Å². The predicted molar refractivity (Wildman–Crippen MR) is 111 cm³/mol. The quantitative estimate of drug-likeness (QED) is 0.721. The van der Waals surface area contributed by atoms with Gasteiger partial charge in [0.05, 0.1) is 5.39 Å². The molecule has 1 saturated heterocycles. The average Bonchev–Trinajstić information content (AvgIpc) is 2.73. The number of hydrazine groups is 1. The molecule has 0 atom stereocenters. The lowest BCUT2D eigenvalue weighted by Gasteiger charge is -2.25. The third-order valence-corrected chi connectivity index (χ3v) is 5.04. The number of aromatic nitrogens is 2. The second kappa shape index (κ2) is 9.65. The van der Waals surface area contributed by atoms with E-state index in [1.54, 1.807) is 24.3 Å². The van der Waals surface area contributed by atoms with Gasteiger partial charge in [0.25, 0.3) is 11.5 Å². The van der Waals surface area contributed by atoms with Gasteiger partial charge in [-0.1, -0.05) is 38.5 Å². The van der Waals surface area contributed by atoms with Crippen molar-refractivity contribution < 1.29 is 9.59 Å². The van der Waals surface area contributed by atoms with E-state index in [1.807, 2.05) is 13.8 Å². The first-order valence-electron chi connectivity index (χ1n) is 10.3. The molecule has 0 bridgehead atoms. The van der Waals surface area contributed by atoms with E-state index >= 15 is 0 Å². The molecule has 2 heterocycles. The minimum Gasteiger partial charge on any atom is -0.303 e. The summed E-state index contributed by atoms with van der Waals surface area (Å²) >= 11 is 0. The van der Waals surface area contributed by atoms with E-state index < -0.39 is 5.91 Å². The molecule has 29 heavy (non-hydrogen) atoms. The number of amides is 2. The highest BCUT2D eigenvalue weighted by molar-refractivity contribution is 6.05. The summed E-state index contributed by atoms with van der Waals surface area (Å²) in [7, 11) is 0. The van der Waals surface area contributed by atoms with Gasteiger partial charge in [-0.2, -0.15) is 5.10 Å². The number of hydrogen-bond donors (Lipinski definition) is 2. The zero-order chi connectivity index (χ0) is 20.8. The van der Waals surface area contributed by atoms with Gasteiger partial charge >= 0.3 is 0 Å². The van der Waals surface area contributed by atoms with Crippen LogP contribution in [0.2, 0.25) is 0 Å². The summed E-state index contributed by atoms with van der Waals surface area (Å²) in [4.78, 5) is 39.7. The minimum atomic E-state index is -0.537. The summed E-state index contributed by atoms with van der Waals surface area (Å²) < 4.78 is 1.32. The molecule has 0 radical (unpaired) electrons. The highest BCUT2D eigenvalue weighted by atomic mass is 16.2. The molecular weight excluding hydrogens is 370 g/mol. The first-order chi connectivity index (χ1) is 14.0. The van der Waals surface area contributed by atoms with Gasteiger partial charge in [0.1, 0.15) is 0 Å². The Morgan fingerprint density at radius 2 is 1.76 bits per heavy atom. The molecule has 2 aromatic rings. The van der Waals surface area contributed by atoms with E-state index in [1.165, 1.54) is 23.9 Å². The van der Waals surface area contributed by atoms with E-state index in [9.17, 15) is 14.4 Å². The zero-order valence-electron chi connectivity index (χ0n) is 17.1. The fourth-order valence-electron chi connectivity index (χ4n) is 3.56. The van der Waals surface area contributed by atoms with Crippen molar-refractivity contribution in [3.8, 4) is 0 Å². The van der Waals surface area contributed by atoms with Crippen LogP contribution in [0.5, 0.6) is 0 Å². The molecule has 156 valence electrons. The molecule has 0 saturated carbocycles. The number of likely N-dealkylation sites (tertiary alicyclic amines) is 1. The summed E-state index contributed by atoms with van der Waals surface area (Å²) in [6.45, 7) is 7.09. The first kappa shape index (κ1) is 21.0. The maximum atomic E-state index is 12.7. The Hall–Kier alpha value is -2.74. The Morgan fingerprint density at radius 1 is 1.07 bits per heavy atom. The van der Waals surface area contributed by atoms with Crippen molar-refractivity contribution in [3.63, 3.8) is 0 Å². The van der Waals surface area contributed by atoms with Crippen LogP contribution in [0.25, 0.3) is 10.8 Å². The van der Waals surface area contributed by atoms with Crippen LogP contribution >= 0.6 is 0 Å². The molecule has 3 rings (SSSR count). The van der Waals surface area contributed by atoms with Crippen molar-refractivity contribution in [1.29, 1.82) is 0 Å². The number of piperidine rings is 1. The average molecular weight is 399 g/mol.